The van der Waals surface area contributed by atoms with Crippen LogP contribution in [0.5, 0.6) is 0 Å². The zero-order chi connectivity index (χ0) is 39.0. The third-order valence-electron chi connectivity index (χ3n) is 10.7. The Hall–Kier alpha value is -3.03. The van der Waals surface area contributed by atoms with Crippen LogP contribution in [0.2, 0.25) is 5.15 Å². The second-order valence-corrected chi connectivity index (χ2v) is 16.8. The first-order chi connectivity index (χ1) is 25.7. The molecule has 18 heteroatoms. The molecule has 54 heavy (non-hydrogen) atoms. The number of hydrogen-bond acceptors (Lipinski definition) is 11. The second kappa shape index (κ2) is 18.7. The highest BCUT2D eigenvalue weighted by Crippen LogP contribution is 2.45. The highest BCUT2D eigenvalue weighted by atomic mass is 35.5. The largest absolute Gasteiger partial charge is 0.354 e. The molecule has 0 unspecified atom stereocenters. The van der Waals surface area contributed by atoms with Crippen LogP contribution in [0.15, 0.2) is 41.3 Å². The number of nitrogens with two attached hydrogens (primary N) is 3. The third kappa shape index (κ3) is 10.2. The van der Waals surface area contributed by atoms with E-state index in [2.05, 4.69) is 9.88 Å². The molecule has 14 nitrogen and oxygen atoms in total. The minimum absolute atomic E-state index is 0.0845. The first kappa shape index (κ1) is 42.1. The smallest absolute Gasteiger partial charge is 0.276 e. The van der Waals surface area contributed by atoms with Gasteiger partial charge in [-0.3, -0.25) is 14.8 Å². The predicted molar refractivity (Wildman–Crippen MR) is 203 cm³/mol. The van der Waals surface area contributed by atoms with Crippen molar-refractivity contribution in [3.63, 3.8) is 0 Å². The Morgan fingerprint density at radius 2 is 1.57 bits per heavy atom. The summed E-state index contributed by atoms with van der Waals surface area (Å²) in [6.07, 6.45) is 3.30. The Balaban J connectivity index is 1.13. The molecule has 3 heterocycles. The van der Waals surface area contributed by atoms with Crippen molar-refractivity contribution < 1.29 is 32.0 Å². The Morgan fingerprint density at radius 3 is 2.15 bits per heavy atom. The van der Waals surface area contributed by atoms with E-state index in [1.54, 1.807) is 21.9 Å². The SMILES string of the molecule is NCCCN(CCCN)CCCC(=O)N(O)C1CCC(C(F)(F)c2cc(Cl)nc(N3CCN(S(=O)(=O)c4ccc(N5C[C@H](N)CC5=O)cc4)CC3)c2)CC1. The summed E-state index contributed by atoms with van der Waals surface area (Å²) < 4.78 is 60.4. The molecule has 0 spiro atoms. The van der Waals surface area contributed by atoms with Crippen LogP contribution >= 0.6 is 11.6 Å². The van der Waals surface area contributed by atoms with Gasteiger partial charge in [0.15, 0.2) is 0 Å². The molecule has 2 saturated heterocycles. The van der Waals surface area contributed by atoms with Crippen LogP contribution in [0.1, 0.15) is 63.4 Å². The fraction of sp³-hybridized carbons (Fsp3) is 0.639. The standard InChI is InChI=1S/C36H54ClF2N9O5S/c37-32-22-27(36(38,39)26-5-7-30(8-6-26)48(51)34(49)4-1-15-44(16-2-13-40)17-3-14-41)23-33(43-32)45-18-20-46(21-19-45)54(52,53)31-11-9-29(10-12-31)47-25-28(42)24-35(47)50/h9-12,22-23,26,28,30,51H,1-8,13-21,24-25,40-42H2/t26?,28-,30?/m1/s1. The summed E-state index contributed by atoms with van der Waals surface area (Å²) in [5.41, 5.74) is 17.5. The van der Waals surface area contributed by atoms with Crippen molar-refractivity contribution in [1.29, 1.82) is 0 Å². The number of hydrogen-bond donors (Lipinski definition) is 4. The van der Waals surface area contributed by atoms with Crippen LogP contribution in [0.4, 0.5) is 20.3 Å². The number of pyridine rings is 1. The molecule has 1 aliphatic carbocycles. The molecular weight excluding hydrogens is 744 g/mol. The van der Waals surface area contributed by atoms with Gasteiger partial charge >= 0.3 is 0 Å². The van der Waals surface area contributed by atoms with E-state index < -0.39 is 33.8 Å². The van der Waals surface area contributed by atoms with Crippen molar-refractivity contribution in [3.8, 4) is 0 Å². The maximum Gasteiger partial charge on any atom is 0.276 e. The minimum Gasteiger partial charge on any atom is -0.354 e. The van der Waals surface area contributed by atoms with Crippen LogP contribution in [0.3, 0.4) is 0 Å². The van der Waals surface area contributed by atoms with E-state index in [9.17, 15) is 23.2 Å². The number of piperazine rings is 1. The first-order valence-electron chi connectivity index (χ1n) is 18.8. The van der Waals surface area contributed by atoms with Crippen molar-refractivity contribution in [3.05, 3.63) is 47.1 Å². The number of sulfonamides is 1. The van der Waals surface area contributed by atoms with Gasteiger partial charge in [0.05, 0.1) is 10.9 Å². The molecule has 0 radical (unpaired) electrons. The number of aromatic nitrogens is 1. The average Bonchev–Trinajstić information content (AvgIpc) is 3.52. The van der Waals surface area contributed by atoms with Gasteiger partial charge in [0, 0.05) is 68.8 Å². The molecule has 3 fully saturated rings. The summed E-state index contributed by atoms with van der Waals surface area (Å²) in [7, 11) is -3.86. The number of alkyl halides is 2. The molecule has 5 rings (SSSR count). The molecule has 3 aliphatic rings. The Labute approximate surface area is 321 Å². The van der Waals surface area contributed by atoms with Crippen molar-refractivity contribution in [2.45, 2.75) is 80.7 Å². The van der Waals surface area contributed by atoms with E-state index in [1.807, 2.05) is 0 Å². The average molecular weight is 798 g/mol. The molecule has 300 valence electrons. The fourth-order valence-electron chi connectivity index (χ4n) is 7.58. The summed E-state index contributed by atoms with van der Waals surface area (Å²) in [6, 6.07) is 7.81. The first-order valence-corrected chi connectivity index (χ1v) is 20.7. The third-order valence-corrected chi connectivity index (χ3v) is 12.8. The number of anilines is 2. The molecule has 1 aromatic heterocycles. The Morgan fingerprint density at radius 1 is 0.963 bits per heavy atom. The van der Waals surface area contributed by atoms with Crippen molar-refractivity contribution in [2.75, 3.05) is 75.2 Å². The van der Waals surface area contributed by atoms with Gasteiger partial charge in [0.2, 0.25) is 21.8 Å². The van der Waals surface area contributed by atoms with Gasteiger partial charge in [-0.1, -0.05) is 11.6 Å². The highest BCUT2D eigenvalue weighted by molar-refractivity contribution is 7.89. The quantitative estimate of drug-likeness (QED) is 0.104. The van der Waals surface area contributed by atoms with E-state index in [4.69, 9.17) is 28.8 Å². The van der Waals surface area contributed by atoms with E-state index in [0.29, 0.717) is 38.3 Å². The second-order valence-electron chi connectivity index (χ2n) is 14.5. The van der Waals surface area contributed by atoms with Gasteiger partial charge in [-0.05, 0) is 114 Å². The maximum atomic E-state index is 16.1. The molecule has 7 N–H and O–H groups in total. The summed E-state index contributed by atoms with van der Waals surface area (Å²) in [5, 5.41) is 11.3. The lowest BCUT2D eigenvalue weighted by molar-refractivity contribution is -0.182. The maximum absolute atomic E-state index is 16.1. The molecule has 1 atom stereocenters. The highest BCUT2D eigenvalue weighted by Gasteiger charge is 2.45. The van der Waals surface area contributed by atoms with Gasteiger partial charge in [-0.15, -0.1) is 0 Å². The number of amides is 2. The van der Waals surface area contributed by atoms with E-state index in [-0.39, 0.29) is 98.1 Å². The van der Waals surface area contributed by atoms with Crippen LogP contribution in [0.25, 0.3) is 0 Å². The van der Waals surface area contributed by atoms with Gasteiger partial charge in [0.1, 0.15) is 11.0 Å². The lowest BCUT2D eigenvalue weighted by atomic mass is 9.80. The topological polar surface area (TPSA) is 196 Å². The normalized spacial score (nSPS) is 21.6. The molecule has 2 aliphatic heterocycles. The van der Waals surface area contributed by atoms with Crippen LogP contribution < -0.4 is 27.0 Å². The fourth-order valence-corrected chi connectivity index (χ4v) is 9.21. The van der Waals surface area contributed by atoms with Crippen molar-refractivity contribution in [2.24, 2.45) is 23.1 Å². The number of carbonyl (C=O) groups excluding carboxylic acids is 2. The summed E-state index contributed by atoms with van der Waals surface area (Å²) >= 11 is 6.28. The van der Waals surface area contributed by atoms with Crippen LogP contribution in [-0.2, 0) is 25.5 Å². The predicted octanol–water partition coefficient (Wildman–Crippen LogP) is 2.96. The summed E-state index contributed by atoms with van der Waals surface area (Å²) in [4.78, 5) is 34.9. The van der Waals surface area contributed by atoms with Gasteiger partial charge < -0.3 is 31.9 Å². The lowest BCUT2D eigenvalue weighted by Gasteiger charge is -2.37. The van der Waals surface area contributed by atoms with Gasteiger partial charge in [0.25, 0.3) is 5.92 Å². The van der Waals surface area contributed by atoms with E-state index >= 15 is 8.78 Å². The summed E-state index contributed by atoms with van der Waals surface area (Å²) in [6.45, 7) is 4.45. The van der Waals surface area contributed by atoms with Crippen LogP contribution in [0, 0.1) is 5.92 Å². The number of halogens is 3. The van der Waals surface area contributed by atoms with E-state index in [0.717, 1.165) is 37.1 Å². The van der Waals surface area contributed by atoms with Crippen molar-refractivity contribution >= 4 is 44.9 Å². The van der Waals surface area contributed by atoms with Crippen molar-refractivity contribution in [1.82, 2.24) is 19.3 Å². The van der Waals surface area contributed by atoms with Gasteiger partial charge in [-0.2, -0.15) is 4.31 Å². The number of nitrogens with zero attached hydrogens (tertiary/aromatic N) is 6. The van der Waals surface area contributed by atoms with E-state index in [1.165, 1.54) is 22.5 Å². The molecular formula is C36H54ClF2N9O5S. The zero-order valence-electron chi connectivity index (χ0n) is 30.7. The zero-order valence-corrected chi connectivity index (χ0v) is 32.2. The molecule has 0 bridgehead atoms. The summed E-state index contributed by atoms with van der Waals surface area (Å²) in [5.74, 6) is -4.58. The molecule has 1 aromatic carbocycles. The molecule has 1 saturated carbocycles. The lowest BCUT2D eigenvalue weighted by Crippen LogP contribution is -2.49. The van der Waals surface area contributed by atoms with Crippen LogP contribution in [-0.4, -0.2) is 122 Å². The monoisotopic (exact) mass is 797 g/mol. The molecule has 2 amide bonds. The number of rotatable bonds is 17. The van der Waals surface area contributed by atoms with Gasteiger partial charge in [-0.25, -0.2) is 27.2 Å². The Kier molecular flexibility index (Phi) is 14.6. The number of hydroxylamine groups is 2. The molecule has 2 aromatic rings. The number of carbonyl (C=O) groups is 2. The minimum atomic E-state index is -3.86. The number of benzene rings is 1. The Bertz CT molecular complexity index is 1670.